The number of aldehydes is 1. The van der Waals surface area contributed by atoms with Crippen molar-refractivity contribution in [2.45, 2.75) is 26.2 Å². The highest BCUT2D eigenvalue weighted by Gasteiger charge is 2.17. The quantitative estimate of drug-likeness (QED) is 0.783. The number of carbonyl (C=O) groups excluding carboxylic acids is 1. The van der Waals surface area contributed by atoms with E-state index in [2.05, 4.69) is 4.90 Å². The molecule has 20 heavy (non-hydrogen) atoms. The van der Waals surface area contributed by atoms with E-state index in [0.29, 0.717) is 10.6 Å². The van der Waals surface area contributed by atoms with Crippen LogP contribution < -0.4 is 4.90 Å². The molecule has 1 aliphatic rings. The highest BCUT2D eigenvalue weighted by atomic mass is 35.5. The van der Waals surface area contributed by atoms with Gasteiger partial charge in [-0.15, -0.1) is 0 Å². The van der Waals surface area contributed by atoms with Crippen molar-refractivity contribution in [1.29, 1.82) is 0 Å². The molecule has 0 aliphatic carbocycles. The minimum Gasteiger partial charge on any atom is -0.356 e. The molecule has 1 aromatic carbocycles. The summed E-state index contributed by atoms with van der Waals surface area (Å²) in [6.45, 7) is 3.96. The van der Waals surface area contributed by atoms with Gasteiger partial charge in [0.25, 0.3) is 0 Å². The van der Waals surface area contributed by atoms with Gasteiger partial charge in [0, 0.05) is 23.5 Å². The molecule has 2 heterocycles. The zero-order valence-electron chi connectivity index (χ0n) is 11.5. The average Bonchev–Trinajstić information content (AvgIpc) is 2.46. The topological polar surface area (TPSA) is 33.2 Å². The van der Waals surface area contributed by atoms with Crippen molar-refractivity contribution in [2.24, 2.45) is 0 Å². The van der Waals surface area contributed by atoms with Crippen LogP contribution in [0.4, 0.5) is 5.82 Å². The zero-order chi connectivity index (χ0) is 14.1. The van der Waals surface area contributed by atoms with E-state index in [4.69, 9.17) is 16.6 Å². The minimum atomic E-state index is 0.654. The van der Waals surface area contributed by atoms with Crippen LogP contribution in [-0.2, 0) is 0 Å². The van der Waals surface area contributed by atoms with Gasteiger partial charge >= 0.3 is 0 Å². The monoisotopic (exact) mass is 288 g/mol. The number of aryl methyl sites for hydroxylation is 1. The number of hydrogen-bond acceptors (Lipinski definition) is 3. The third-order valence-corrected chi connectivity index (χ3v) is 4.08. The van der Waals surface area contributed by atoms with Crippen LogP contribution >= 0.6 is 11.6 Å². The van der Waals surface area contributed by atoms with E-state index < -0.39 is 0 Å². The number of carbonyl (C=O) groups is 1. The number of nitrogens with zero attached hydrogens (tertiary/aromatic N) is 2. The number of hydrogen-bond donors (Lipinski definition) is 0. The van der Waals surface area contributed by atoms with Gasteiger partial charge in [0.15, 0.2) is 6.29 Å². The number of rotatable bonds is 2. The Bertz CT molecular complexity index is 663. The first-order chi connectivity index (χ1) is 9.69. The van der Waals surface area contributed by atoms with E-state index in [-0.39, 0.29) is 0 Å². The lowest BCUT2D eigenvalue weighted by Gasteiger charge is -2.29. The fourth-order valence-corrected chi connectivity index (χ4v) is 3.15. The molecule has 0 atom stereocenters. The van der Waals surface area contributed by atoms with Crippen LogP contribution in [0.25, 0.3) is 10.9 Å². The number of piperidine rings is 1. The molecule has 1 fully saturated rings. The second-order valence-electron chi connectivity index (χ2n) is 5.36. The molecular weight excluding hydrogens is 272 g/mol. The Labute approximate surface area is 123 Å². The molecule has 3 rings (SSSR count). The highest BCUT2D eigenvalue weighted by Crippen LogP contribution is 2.28. The largest absolute Gasteiger partial charge is 0.356 e. The Morgan fingerprint density at radius 3 is 2.65 bits per heavy atom. The van der Waals surface area contributed by atoms with Crippen molar-refractivity contribution in [3.63, 3.8) is 0 Å². The highest BCUT2D eigenvalue weighted by molar-refractivity contribution is 6.31. The summed E-state index contributed by atoms with van der Waals surface area (Å²) in [4.78, 5) is 18.4. The van der Waals surface area contributed by atoms with E-state index in [0.717, 1.165) is 54.5 Å². The Morgan fingerprint density at radius 1 is 1.20 bits per heavy atom. The number of fused-ring (bicyclic) bond motifs is 1. The van der Waals surface area contributed by atoms with Crippen LogP contribution in [-0.4, -0.2) is 24.4 Å². The summed E-state index contributed by atoms with van der Waals surface area (Å²) < 4.78 is 0. The number of halogens is 1. The summed E-state index contributed by atoms with van der Waals surface area (Å²) >= 11 is 6.08. The molecule has 4 heteroatoms. The standard InChI is InChI=1S/C16H17ClN2O/c1-11-7-14(17)9-12-8-13(10-20)16(18-15(11)12)19-5-3-2-4-6-19/h7-10H,2-6H2,1H3. The normalized spacial score (nSPS) is 15.6. The summed E-state index contributed by atoms with van der Waals surface area (Å²) in [7, 11) is 0. The van der Waals surface area contributed by atoms with E-state index in [1.807, 2.05) is 25.1 Å². The van der Waals surface area contributed by atoms with Crippen molar-refractivity contribution < 1.29 is 4.79 Å². The van der Waals surface area contributed by atoms with Gasteiger partial charge in [-0.1, -0.05) is 11.6 Å². The summed E-state index contributed by atoms with van der Waals surface area (Å²) in [5.74, 6) is 0.817. The van der Waals surface area contributed by atoms with Crippen LogP contribution in [0.15, 0.2) is 18.2 Å². The first kappa shape index (κ1) is 13.4. The second kappa shape index (κ2) is 5.41. The Morgan fingerprint density at radius 2 is 1.95 bits per heavy atom. The maximum atomic E-state index is 11.4. The smallest absolute Gasteiger partial charge is 0.153 e. The van der Waals surface area contributed by atoms with E-state index in [1.165, 1.54) is 6.42 Å². The van der Waals surface area contributed by atoms with Crippen LogP contribution in [0.3, 0.4) is 0 Å². The van der Waals surface area contributed by atoms with Crippen molar-refractivity contribution in [1.82, 2.24) is 4.98 Å². The van der Waals surface area contributed by atoms with Crippen molar-refractivity contribution in [3.05, 3.63) is 34.3 Å². The molecule has 2 aromatic rings. The SMILES string of the molecule is Cc1cc(Cl)cc2cc(C=O)c(N3CCCCC3)nc12. The molecule has 3 nitrogen and oxygen atoms in total. The lowest BCUT2D eigenvalue weighted by Crippen LogP contribution is -2.31. The van der Waals surface area contributed by atoms with Gasteiger partial charge in [0.05, 0.1) is 11.1 Å². The molecule has 1 saturated heterocycles. The van der Waals surface area contributed by atoms with Crippen LogP contribution in [0, 0.1) is 6.92 Å². The van der Waals surface area contributed by atoms with Gasteiger partial charge in [-0.05, 0) is 49.9 Å². The van der Waals surface area contributed by atoms with E-state index in [1.54, 1.807) is 0 Å². The van der Waals surface area contributed by atoms with Crippen molar-refractivity contribution in [3.8, 4) is 0 Å². The van der Waals surface area contributed by atoms with Gasteiger partial charge in [-0.3, -0.25) is 4.79 Å². The summed E-state index contributed by atoms with van der Waals surface area (Å²) in [6.07, 6.45) is 4.48. The Kier molecular flexibility index (Phi) is 3.62. The van der Waals surface area contributed by atoms with Crippen LogP contribution in [0.2, 0.25) is 5.02 Å². The summed E-state index contributed by atoms with van der Waals surface area (Å²) in [5.41, 5.74) is 2.63. The van der Waals surface area contributed by atoms with Crippen LogP contribution in [0.1, 0.15) is 35.2 Å². The number of aromatic nitrogens is 1. The van der Waals surface area contributed by atoms with Gasteiger partial charge in [-0.2, -0.15) is 0 Å². The summed E-state index contributed by atoms with van der Waals surface area (Å²) in [6, 6.07) is 5.68. The van der Waals surface area contributed by atoms with Crippen LogP contribution in [0.5, 0.6) is 0 Å². The molecule has 104 valence electrons. The fraction of sp³-hybridized carbons (Fsp3) is 0.375. The van der Waals surface area contributed by atoms with Gasteiger partial charge in [0.1, 0.15) is 5.82 Å². The first-order valence-corrected chi connectivity index (χ1v) is 7.38. The predicted molar refractivity (Wildman–Crippen MR) is 82.9 cm³/mol. The molecule has 1 aliphatic heterocycles. The number of benzene rings is 1. The first-order valence-electron chi connectivity index (χ1n) is 7.00. The molecule has 0 saturated carbocycles. The average molecular weight is 289 g/mol. The molecule has 0 N–H and O–H groups in total. The molecular formula is C16H17ClN2O. The zero-order valence-corrected chi connectivity index (χ0v) is 12.3. The van der Waals surface area contributed by atoms with E-state index in [9.17, 15) is 4.79 Å². The van der Waals surface area contributed by atoms with Gasteiger partial charge in [0.2, 0.25) is 0 Å². The minimum absolute atomic E-state index is 0.654. The fourth-order valence-electron chi connectivity index (χ4n) is 2.87. The van der Waals surface area contributed by atoms with Gasteiger partial charge in [-0.25, -0.2) is 4.98 Å². The molecule has 1 aromatic heterocycles. The molecule has 0 unspecified atom stereocenters. The predicted octanol–water partition coefficient (Wildman–Crippen LogP) is 4.00. The summed E-state index contributed by atoms with van der Waals surface area (Å²) in [5, 5.41) is 1.61. The lowest BCUT2D eigenvalue weighted by molar-refractivity contribution is 0.112. The molecule has 0 amide bonds. The number of pyridine rings is 1. The van der Waals surface area contributed by atoms with Crippen molar-refractivity contribution >= 4 is 34.6 Å². The van der Waals surface area contributed by atoms with E-state index >= 15 is 0 Å². The third-order valence-electron chi connectivity index (χ3n) is 3.86. The Hall–Kier alpha value is -1.61. The molecule has 0 spiro atoms. The number of anilines is 1. The molecule has 0 bridgehead atoms. The third kappa shape index (κ3) is 2.38. The van der Waals surface area contributed by atoms with Crippen molar-refractivity contribution in [2.75, 3.05) is 18.0 Å². The lowest BCUT2D eigenvalue weighted by atomic mass is 10.1. The molecule has 0 radical (unpaired) electrons. The van der Waals surface area contributed by atoms with Gasteiger partial charge < -0.3 is 4.90 Å². The second-order valence-corrected chi connectivity index (χ2v) is 5.80. The Balaban J connectivity index is 2.17. The maximum Gasteiger partial charge on any atom is 0.153 e. The maximum absolute atomic E-state index is 11.4.